The van der Waals surface area contributed by atoms with Crippen molar-refractivity contribution in [1.29, 1.82) is 5.26 Å². The molecular weight excluding hydrogens is 490 g/mol. The van der Waals surface area contributed by atoms with E-state index in [9.17, 15) is 20.0 Å². The van der Waals surface area contributed by atoms with E-state index < -0.39 is 0 Å². The summed E-state index contributed by atoms with van der Waals surface area (Å²) >= 11 is 0. The Morgan fingerprint density at radius 3 is 2.56 bits per heavy atom. The van der Waals surface area contributed by atoms with Crippen molar-refractivity contribution >= 4 is 23.3 Å². The molecule has 1 aliphatic rings. The van der Waals surface area contributed by atoms with Gasteiger partial charge in [-0.2, -0.15) is 5.26 Å². The van der Waals surface area contributed by atoms with Gasteiger partial charge in [-0.3, -0.25) is 9.59 Å². The lowest BCUT2D eigenvalue weighted by molar-refractivity contribution is -0.118. The lowest BCUT2D eigenvalue weighted by atomic mass is 9.84. The van der Waals surface area contributed by atoms with Crippen molar-refractivity contribution in [3.05, 3.63) is 101 Å². The molecule has 5 N–H and O–H groups in total. The van der Waals surface area contributed by atoms with E-state index in [0.29, 0.717) is 41.2 Å². The number of benzene rings is 3. The number of amidine groups is 1. The van der Waals surface area contributed by atoms with Crippen LogP contribution in [0, 0.1) is 11.3 Å². The van der Waals surface area contributed by atoms with Crippen LogP contribution in [-0.2, 0) is 16.8 Å². The molecule has 0 unspecified atom stereocenters. The van der Waals surface area contributed by atoms with Crippen LogP contribution in [0.5, 0.6) is 0 Å². The first-order chi connectivity index (χ1) is 18.7. The van der Waals surface area contributed by atoms with Gasteiger partial charge < -0.3 is 21.5 Å². The Hall–Kier alpha value is -4.58. The number of nitrogens with one attached hydrogen (secondary N) is 2. The average molecular weight is 522 g/mol. The fourth-order valence-corrected chi connectivity index (χ4v) is 4.23. The van der Waals surface area contributed by atoms with Crippen molar-refractivity contribution in [2.24, 2.45) is 10.7 Å². The van der Waals surface area contributed by atoms with Crippen LogP contribution in [0.4, 0.5) is 0 Å². The van der Waals surface area contributed by atoms with E-state index in [1.54, 1.807) is 24.3 Å². The van der Waals surface area contributed by atoms with Crippen LogP contribution in [-0.4, -0.2) is 35.8 Å². The molecule has 2 amide bonds. The van der Waals surface area contributed by atoms with Gasteiger partial charge in [0.15, 0.2) is 0 Å². The number of aliphatic hydroxyl groups excluding tert-OH is 1. The number of aliphatic hydroxyl groups is 1. The molecular formula is C31H31N5O3. The lowest BCUT2D eigenvalue weighted by Gasteiger charge is -2.23. The van der Waals surface area contributed by atoms with E-state index in [-0.39, 0.29) is 30.4 Å². The highest BCUT2D eigenvalue weighted by Gasteiger charge is 2.20. The number of rotatable bonds is 8. The molecule has 0 radical (unpaired) electrons. The summed E-state index contributed by atoms with van der Waals surface area (Å²) in [6.07, 6.45) is 2.37. The fourth-order valence-electron chi connectivity index (χ4n) is 4.23. The van der Waals surface area contributed by atoms with Gasteiger partial charge in [0, 0.05) is 29.5 Å². The van der Waals surface area contributed by atoms with Crippen LogP contribution in [0.2, 0.25) is 0 Å². The minimum absolute atomic E-state index is 0.153. The van der Waals surface area contributed by atoms with Gasteiger partial charge in [-0.05, 0) is 58.7 Å². The van der Waals surface area contributed by atoms with Gasteiger partial charge >= 0.3 is 0 Å². The number of amides is 2. The highest BCUT2D eigenvalue weighted by atomic mass is 16.3. The minimum Gasteiger partial charge on any atom is -0.392 e. The van der Waals surface area contributed by atoms with Gasteiger partial charge in [0.2, 0.25) is 5.91 Å². The molecule has 8 heteroatoms. The molecule has 0 atom stereocenters. The molecule has 0 saturated heterocycles. The molecule has 0 saturated carbocycles. The second kappa shape index (κ2) is 11.9. The molecule has 0 aliphatic carbocycles. The van der Waals surface area contributed by atoms with Crippen molar-refractivity contribution in [3.63, 3.8) is 0 Å². The predicted molar refractivity (Wildman–Crippen MR) is 152 cm³/mol. The van der Waals surface area contributed by atoms with Crippen LogP contribution < -0.4 is 16.4 Å². The largest absolute Gasteiger partial charge is 0.392 e. The third-order valence-electron chi connectivity index (χ3n) is 6.65. The topological polar surface area (TPSA) is 141 Å². The number of nitrogens with zero attached hydrogens (tertiary/aromatic N) is 2. The highest BCUT2D eigenvalue weighted by molar-refractivity contribution is 6.05. The molecule has 39 heavy (non-hydrogen) atoms. The van der Waals surface area contributed by atoms with Crippen molar-refractivity contribution < 1.29 is 14.7 Å². The standard InChI is InChI=1S/C31H31N5O3/c1-31(2,19-33)26-8-4-7-24(15-26)30(39)34-17-29(38)36-28-10-9-27(35-28)23-6-3-5-22(14-23)25-12-20(16-32)11-21(13-25)18-37/h3-9,11-15,37H,10,17-19,33H2,1-2H3,(H,34,39)(H,35,36,38). The summed E-state index contributed by atoms with van der Waals surface area (Å²) in [5.74, 6) is -0.210. The maximum atomic E-state index is 12.6. The second-order valence-corrected chi connectivity index (χ2v) is 10.0. The van der Waals surface area contributed by atoms with Gasteiger partial charge in [0.25, 0.3) is 5.91 Å². The summed E-state index contributed by atoms with van der Waals surface area (Å²) in [5.41, 5.74) is 11.4. The quantitative estimate of drug-likeness (QED) is 0.358. The minimum atomic E-state index is -0.367. The number of hydrogen-bond acceptors (Lipinski definition) is 6. The Balaban J connectivity index is 1.38. The zero-order valence-corrected chi connectivity index (χ0v) is 22.0. The number of nitriles is 1. The lowest BCUT2D eigenvalue weighted by Crippen LogP contribution is -2.39. The molecule has 0 fully saturated rings. The fraction of sp³-hybridized carbons (Fsp3) is 0.226. The maximum Gasteiger partial charge on any atom is 0.251 e. The molecule has 3 aromatic carbocycles. The van der Waals surface area contributed by atoms with Gasteiger partial charge in [-0.1, -0.05) is 50.3 Å². The van der Waals surface area contributed by atoms with E-state index in [0.717, 1.165) is 22.3 Å². The zero-order chi connectivity index (χ0) is 28.0. The number of carbonyl (C=O) groups excluding carboxylic acids is 2. The summed E-state index contributed by atoms with van der Waals surface area (Å²) in [4.78, 5) is 29.7. The molecule has 8 nitrogen and oxygen atoms in total. The molecule has 1 aliphatic heterocycles. The SMILES string of the molecule is CC(C)(CN)c1cccc(C(=O)NCC(=O)NC2=NC(c3cccc(-c4cc(C#N)cc(CO)c4)c3)=CC2)c1. The van der Waals surface area contributed by atoms with Crippen molar-refractivity contribution in [3.8, 4) is 17.2 Å². The van der Waals surface area contributed by atoms with Crippen LogP contribution >= 0.6 is 0 Å². The molecule has 0 bridgehead atoms. The van der Waals surface area contributed by atoms with Gasteiger partial charge in [-0.25, -0.2) is 4.99 Å². The molecule has 4 rings (SSSR count). The zero-order valence-electron chi connectivity index (χ0n) is 22.0. The van der Waals surface area contributed by atoms with Crippen LogP contribution in [0.3, 0.4) is 0 Å². The molecule has 0 spiro atoms. The van der Waals surface area contributed by atoms with Gasteiger partial charge in [0.05, 0.1) is 30.5 Å². The maximum absolute atomic E-state index is 12.6. The third-order valence-corrected chi connectivity index (χ3v) is 6.65. The summed E-state index contributed by atoms with van der Waals surface area (Å²) < 4.78 is 0. The number of aliphatic imine (C=N–C) groups is 1. The van der Waals surface area contributed by atoms with Gasteiger partial charge in [-0.15, -0.1) is 0 Å². The predicted octanol–water partition coefficient (Wildman–Crippen LogP) is 3.64. The summed E-state index contributed by atoms with van der Waals surface area (Å²) in [7, 11) is 0. The number of nitrogens with two attached hydrogens (primary N) is 1. The molecule has 0 aromatic heterocycles. The monoisotopic (exact) mass is 521 g/mol. The van der Waals surface area contributed by atoms with E-state index in [2.05, 4.69) is 21.7 Å². The Kier molecular flexibility index (Phi) is 8.35. The van der Waals surface area contributed by atoms with E-state index >= 15 is 0 Å². The first-order valence-electron chi connectivity index (χ1n) is 12.6. The van der Waals surface area contributed by atoms with E-state index in [1.807, 2.05) is 62.4 Å². The van der Waals surface area contributed by atoms with Crippen molar-refractivity contribution in [2.45, 2.75) is 32.3 Å². The van der Waals surface area contributed by atoms with Gasteiger partial charge in [0.1, 0.15) is 5.84 Å². The van der Waals surface area contributed by atoms with Crippen molar-refractivity contribution in [1.82, 2.24) is 10.6 Å². The van der Waals surface area contributed by atoms with Crippen LogP contribution in [0.25, 0.3) is 16.8 Å². The molecule has 3 aromatic rings. The molecule has 1 heterocycles. The normalized spacial score (nSPS) is 12.8. The van der Waals surface area contributed by atoms with E-state index in [1.165, 1.54) is 0 Å². The highest BCUT2D eigenvalue weighted by Crippen LogP contribution is 2.28. The Morgan fingerprint density at radius 2 is 1.82 bits per heavy atom. The summed E-state index contributed by atoms with van der Waals surface area (Å²) in [6, 6.07) is 22.4. The Bertz CT molecular complexity index is 1510. The Labute approximate surface area is 227 Å². The van der Waals surface area contributed by atoms with E-state index in [4.69, 9.17) is 5.73 Å². The summed E-state index contributed by atoms with van der Waals surface area (Å²) in [5, 5.41) is 24.3. The smallest absolute Gasteiger partial charge is 0.251 e. The third kappa shape index (κ3) is 6.65. The second-order valence-electron chi connectivity index (χ2n) is 10.0. The summed E-state index contributed by atoms with van der Waals surface area (Å²) in [6.45, 7) is 4.13. The van der Waals surface area contributed by atoms with Crippen LogP contribution in [0.1, 0.15) is 52.9 Å². The van der Waals surface area contributed by atoms with Crippen molar-refractivity contribution in [2.75, 3.05) is 13.1 Å². The molecule has 198 valence electrons. The number of carbonyl (C=O) groups is 2. The number of hydrogen-bond donors (Lipinski definition) is 4. The first-order valence-corrected chi connectivity index (χ1v) is 12.6. The Morgan fingerprint density at radius 1 is 1.05 bits per heavy atom. The van der Waals surface area contributed by atoms with Crippen LogP contribution in [0.15, 0.2) is 77.8 Å². The first kappa shape index (κ1) is 27.5. The average Bonchev–Trinajstić information content (AvgIpc) is 3.44.